The first-order valence-corrected chi connectivity index (χ1v) is 6.84. The number of ether oxygens (including phenoxy) is 1. The second kappa shape index (κ2) is 6.61. The van der Waals surface area contributed by atoms with Crippen LogP contribution in [0.2, 0.25) is 0 Å². The Labute approximate surface area is 101 Å². The second-order valence-corrected chi connectivity index (χ2v) is 5.87. The zero-order chi connectivity index (χ0) is 12.0. The lowest BCUT2D eigenvalue weighted by Gasteiger charge is -2.34. The second-order valence-electron chi connectivity index (χ2n) is 5.87. The molecule has 1 N–H and O–H groups in total. The molecule has 2 unspecified atom stereocenters. The van der Waals surface area contributed by atoms with Gasteiger partial charge in [0.2, 0.25) is 0 Å². The normalized spacial score (nSPS) is 24.9. The molecule has 16 heavy (non-hydrogen) atoms. The van der Waals surface area contributed by atoms with Gasteiger partial charge in [-0.15, -0.1) is 0 Å². The molecule has 0 spiro atoms. The highest BCUT2D eigenvalue weighted by atomic mass is 16.5. The minimum absolute atomic E-state index is 0.438. The van der Waals surface area contributed by atoms with Crippen molar-refractivity contribution in [2.24, 2.45) is 11.3 Å². The molecule has 0 aromatic heterocycles. The van der Waals surface area contributed by atoms with Crippen molar-refractivity contribution in [2.45, 2.75) is 59.0 Å². The van der Waals surface area contributed by atoms with Gasteiger partial charge in [0, 0.05) is 13.2 Å². The first-order valence-electron chi connectivity index (χ1n) is 6.84. The highest BCUT2D eigenvalue weighted by Gasteiger charge is 2.27. The Bertz CT molecular complexity index is 187. The van der Waals surface area contributed by atoms with Crippen LogP contribution in [-0.2, 0) is 4.74 Å². The third kappa shape index (κ3) is 4.06. The summed E-state index contributed by atoms with van der Waals surface area (Å²) in [6.45, 7) is 9.19. The summed E-state index contributed by atoms with van der Waals surface area (Å²) in [4.78, 5) is 0. The van der Waals surface area contributed by atoms with Crippen molar-refractivity contribution in [1.82, 2.24) is 5.32 Å². The molecular formula is C14H29NO. The van der Waals surface area contributed by atoms with Gasteiger partial charge in [0.05, 0.1) is 6.10 Å². The van der Waals surface area contributed by atoms with Gasteiger partial charge in [-0.1, -0.05) is 27.2 Å². The molecule has 0 bridgehead atoms. The Morgan fingerprint density at radius 2 is 2.19 bits per heavy atom. The van der Waals surface area contributed by atoms with Crippen LogP contribution in [0, 0.1) is 11.3 Å². The summed E-state index contributed by atoms with van der Waals surface area (Å²) < 4.78 is 5.67. The molecule has 0 aromatic rings. The molecule has 0 saturated carbocycles. The van der Waals surface area contributed by atoms with Gasteiger partial charge >= 0.3 is 0 Å². The molecule has 1 aliphatic heterocycles. The molecule has 1 saturated heterocycles. The van der Waals surface area contributed by atoms with Crippen molar-refractivity contribution in [3.05, 3.63) is 0 Å². The summed E-state index contributed by atoms with van der Waals surface area (Å²) in [6, 6.07) is 0. The van der Waals surface area contributed by atoms with Gasteiger partial charge in [-0.05, 0) is 44.1 Å². The van der Waals surface area contributed by atoms with Crippen molar-refractivity contribution < 1.29 is 4.74 Å². The van der Waals surface area contributed by atoms with Gasteiger partial charge in [-0.2, -0.15) is 0 Å². The van der Waals surface area contributed by atoms with Crippen molar-refractivity contribution >= 4 is 0 Å². The Morgan fingerprint density at radius 1 is 1.44 bits per heavy atom. The molecule has 1 rings (SSSR count). The van der Waals surface area contributed by atoms with E-state index < -0.39 is 0 Å². The van der Waals surface area contributed by atoms with E-state index in [9.17, 15) is 0 Å². The van der Waals surface area contributed by atoms with Crippen molar-refractivity contribution in [3.63, 3.8) is 0 Å². The molecule has 0 aromatic carbocycles. The van der Waals surface area contributed by atoms with Crippen LogP contribution in [-0.4, -0.2) is 26.3 Å². The maximum Gasteiger partial charge on any atom is 0.0576 e. The highest BCUT2D eigenvalue weighted by molar-refractivity contribution is 4.80. The number of hydrogen-bond donors (Lipinski definition) is 1. The number of nitrogens with one attached hydrogen (secondary N) is 1. The van der Waals surface area contributed by atoms with E-state index in [0.29, 0.717) is 11.5 Å². The number of rotatable bonds is 7. The van der Waals surface area contributed by atoms with Crippen LogP contribution in [0.4, 0.5) is 0 Å². The number of hydrogen-bond acceptors (Lipinski definition) is 2. The summed E-state index contributed by atoms with van der Waals surface area (Å²) in [5.74, 6) is 0.740. The monoisotopic (exact) mass is 227 g/mol. The Kier molecular flexibility index (Phi) is 5.77. The average Bonchev–Trinajstić information content (AvgIpc) is 2.70. The smallest absolute Gasteiger partial charge is 0.0576 e. The summed E-state index contributed by atoms with van der Waals surface area (Å²) in [5.41, 5.74) is 0.438. The Hall–Kier alpha value is -0.0800. The van der Waals surface area contributed by atoms with E-state index in [4.69, 9.17) is 4.74 Å². The van der Waals surface area contributed by atoms with Crippen molar-refractivity contribution in [2.75, 3.05) is 20.2 Å². The Balaban J connectivity index is 2.26. The van der Waals surface area contributed by atoms with Crippen LogP contribution in [0.3, 0.4) is 0 Å². The molecule has 0 aliphatic carbocycles. The lowest BCUT2D eigenvalue weighted by molar-refractivity contribution is 0.0943. The van der Waals surface area contributed by atoms with Gasteiger partial charge in [-0.25, -0.2) is 0 Å². The van der Waals surface area contributed by atoms with E-state index in [1.54, 1.807) is 0 Å². The minimum Gasteiger partial charge on any atom is -0.378 e. The fraction of sp³-hybridized carbons (Fsp3) is 1.00. The van der Waals surface area contributed by atoms with Gasteiger partial charge < -0.3 is 10.1 Å². The third-order valence-electron chi connectivity index (χ3n) is 4.27. The van der Waals surface area contributed by atoms with E-state index in [-0.39, 0.29) is 0 Å². The van der Waals surface area contributed by atoms with Gasteiger partial charge in [0.15, 0.2) is 0 Å². The van der Waals surface area contributed by atoms with E-state index in [0.717, 1.165) is 19.1 Å². The molecule has 2 heteroatoms. The minimum atomic E-state index is 0.438. The summed E-state index contributed by atoms with van der Waals surface area (Å²) in [6.07, 6.45) is 6.98. The summed E-state index contributed by atoms with van der Waals surface area (Å²) in [7, 11) is 2.06. The van der Waals surface area contributed by atoms with Crippen LogP contribution in [0.5, 0.6) is 0 Å². The summed E-state index contributed by atoms with van der Waals surface area (Å²) >= 11 is 0. The van der Waals surface area contributed by atoms with Crippen LogP contribution < -0.4 is 5.32 Å². The lowest BCUT2D eigenvalue weighted by atomic mass is 9.75. The molecule has 1 aliphatic rings. The van der Waals surface area contributed by atoms with Gasteiger partial charge in [0.1, 0.15) is 0 Å². The van der Waals surface area contributed by atoms with Crippen molar-refractivity contribution in [3.8, 4) is 0 Å². The zero-order valence-corrected chi connectivity index (χ0v) is 11.5. The summed E-state index contributed by atoms with van der Waals surface area (Å²) in [5, 5.41) is 3.34. The largest absolute Gasteiger partial charge is 0.378 e. The van der Waals surface area contributed by atoms with Crippen LogP contribution >= 0.6 is 0 Å². The standard InChI is InChI=1S/C14H29NO/c1-12(2)14(3,11-15-4)9-5-7-13-8-6-10-16-13/h12-13,15H,5-11H2,1-4H3. The maximum atomic E-state index is 5.67. The molecule has 0 amide bonds. The molecule has 2 atom stereocenters. The molecule has 1 fully saturated rings. The van der Waals surface area contributed by atoms with Gasteiger partial charge in [0.25, 0.3) is 0 Å². The molecule has 0 radical (unpaired) electrons. The first kappa shape index (κ1) is 14.0. The van der Waals surface area contributed by atoms with Crippen LogP contribution in [0.1, 0.15) is 52.9 Å². The molecule has 2 nitrogen and oxygen atoms in total. The average molecular weight is 227 g/mol. The fourth-order valence-electron chi connectivity index (χ4n) is 2.59. The first-order chi connectivity index (χ1) is 7.58. The molecule has 96 valence electrons. The van der Waals surface area contributed by atoms with Gasteiger partial charge in [-0.3, -0.25) is 0 Å². The Morgan fingerprint density at radius 3 is 2.69 bits per heavy atom. The quantitative estimate of drug-likeness (QED) is 0.721. The predicted molar refractivity (Wildman–Crippen MR) is 69.7 cm³/mol. The van der Waals surface area contributed by atoms with E-state index in [1.807, 2.05) is 0 Å². The van der Waals surface area contributed by atoms with E-state index >= 15 is 0 Å². The highest BCUT2D eigenvalue weighted by Crippen LogP contribution is 2.33. The molecular weight excluding hydrogens is 198 g/mol. The third-order valence-corrected chi connectivity index (χ3v) is 4.27. The zero-order valence-electron chi connectivity index (χ0n) is 11.5. The van der Waals surface area contributed by atoms with Crippen molar-refractivity contribution in [1.29, 1.82) is 0 Å². The molecule has 1 heterocycles. The SMILES string of the molecule is CNCC(C)(CCCC1CCCO1)C(C)C. The van der Waals surface area contributed by atoms with Crippen LogP contribution in [0.15, 0.2) is 0 Å². The fourth-order valence-corrected chi connectivity index (χ4v) is 2.59. The maximum absolute atomic E-state index is 5.67. The van der Waals surface area contributed by atoms with E-state index in [1.165, 1.54) is 32.1 Å². The van der Waals surface area contributed by atoms with Crippen LogP contribution in [0.25, 0.3) is 0 Å². The van der Waals surface area contributed by atoms with E-state index in [2.05, 4.69) is 33.1 Å². The lowest BCUT2D eigenvalue weighted by Crippen LogP contribution is -2.34. The predicted octanol–water partition coefficient (Wildman–Crippen LogP) is 3.22. The topological polar surface area (TPSA) is 21.3 Å².